The van der Waals surface area contributed by atoms with Crippen LogP contribution < -0.4 is 11.1 Å². The maximum absolute atomic E-state index is 12.6. The van der Waals surface area contributed by atoms with Gasteiger partial charge in [-0.1, -0.05) is 66.2 Å². The van der Waals surface area contributed by atoms with E-state index >= 15 is 0 Å². The SMILES string of the molecule is CC(C)=CC(=O)N/C=C/C(C)=C/C(C)C1C/C(C)=C/C=C/CCC(OC(N)=O)C(O)/C=C/C(O)CCCC=CC(=O)O1. The van der Waals surface area contributed by atoms with Gasteiger partial charge in [-0.05, 0) is 65.9 Å². The average molecular weight is 585 g/mol. The number of cyclic esters (lactones) is 1. The smallest absolute Gasteiger partial charge is 0.404 e. The molecule has 9 nitrogen and oxygen atoms in total. The Kier molecular flexibility index (Phi) is 17.5. The molecule has 0 fully saturated rings. The third-order valence-electron chi connectivity index (χ3n) is 6.33. The predicted molar refractivity (Wildman–Crippen MR) is 165 cm³/mol. The number of carbonyl (C=O) groups is 3. The number of rotatable bonds is 6. The molecule has 0 aromatic heterocycles. The summed E-state index contributed by atoms with van der Waals surface area (Å²) in [5.74, 6) is -0.764. The molecule has 1 heterocycles. The van der Waals surface area contributed by atoms with E-state index in [2.05, 4.69) is 5.32 Å². The molecule has 0 saturated carbocycles. The summed E-state index contributed by atoms with van der Waals surface area (Å²) in [7, 11) is 0. The quantitative estimate of drug-likeness (QED) is 0.145. The molecule has 0 radical (unpaired) electrons. The van der Waals surface area contributed by atoms with Gasteiger partial charge in [0.15, 0.2) is 0 Å². The Balaban J connectivity index is 3.09. The van der Waals surface area contributed by atoms with Gasteiger partial charge in [-0.15, -0.1) is 0 Å². The fourth-order valence-electron chi connectivity index (χ4n) is 4.17. The third kappa shape index (κ3) is 17.2. The molecular weight excluding hydrogens is 536 g/mol. The molecule has 0 spiro atoms. The van der Waals surface area contributed by atoms with E-state index in [0.29, 0.717) is 38.5 Å². The maximum Gasteiger partial charge on any atom is 0.404 e. The number of amides is 2. The standard InChI is InChI=1S/C33H48N2O7/c1-23(2)20-31(38)35-19-18-25(4)21-26(5)30-22-24(3)12-8-6-10-14-29(42-33(34)40)28(37)17-16-27(36)13-9-7-11-15-32(39)41-30/h6,8,11-12,15-21,26-30,36-37H,7,9-10,13-14,22H2,1-5H3,(H2,34,40)(H,35,38)/b8-6+,15-11?,17-16+,19-18+,24-12+,25-21+. The van der Waals surface area contributed by atoms with Crippen molar-refractivity contribution in [3.63, 3.8) is 0 Å². The van der Waals surface area contributed by atoms with E-state index in [-0.39, 0.29) is 11.8 Å². The van der Waals surface area contributed by atoms with Crippen molar-refractivity contribution in [2.24, 2.45) is 11.7 Å². The van der Waals surface area contributed by atoms with Crippen LogP contribution in [0.5, 0.6) is 0 Å². The van der Waals surface area contributed by atoms with Crippen LogP contribution >= 0.6 is 0 Å². The summed E-state index contributed by atoms with van der Waals surface area (Å²) in [5, 5.41) is 23.4. The molecule has 0 aliphatic carbocycles. The molecule has 232 valence electrons. The Morgan fingerprint density at radius 3 is 2.57 bits per heavy atom. The van der Waals surface area contributed by atoms with Crippen molar-refractivity contribution >= 4 is 18.0 Å². The van der Waals surface area contributed by atoms with Gasteiger partial charge >= 0.3 is 12.1 Å². The first-order chi connectivity index (χ1) is 19.9. The first-order valence-corrected chi connectivity index (χ1v) is 14.4. The minimum atomic E-state index is -1.11. The third-order valence-corrected chi connectivity index (χ3v) is 6.33. The van der Waals surface area contributed by atoms with Crippen LogP contribution in [0.3, 0.4) is 0 Å². The van der Waals surface area contributed by atoms with Gasteiger partial charge in [0, 0.05) is 30.7 Å². The van der Waals surface area contributed by atoms with E-state index in [1.165, 1.54) is 24.3 Å². The Hall–Kier alpha value is -3.69. The molecule has 42 heavy (non-hydrogen) atoms. The maximum atomic E-state index is 12.6. The lowest BCUT2D eigenvalue weighted by atomic mass is 9.95. The van der Waals surface area contributed by atoms with E-state index in [4.69, 9.17) is 15.2 Å². The van der Waals surface area contributed by atoms with E-state index in [9.17, 15) is 24.6 Å². The molecule has 1 aliphatic rings. The Morgan fingerprint density at radius 2 is 1.88 bits per heavy atom. The molecule has 0 saturated heterocycles. The Bertz CT molecular complexity index is 1090. The van der Waals surface area contributed by atoms with Crippen molar-refractivity contribution in [1.29, 1.82) is 0 Å². The molecule has 2 amide bonds. The molecular formula is C33H48N2O7. The number of aliphatic hydroxyl groups excluding tert-OH is 2. The van der Waals surface area contributed by atoms with Crippen LogP contribution in [0.1, 0.15) is 73.1 Å². The number of ether oxygens (including phenoxy) is 2. The van der Waals surface area contributed by atoms with Crippen LogP contribution in [0, 0.1) is 5.92 Å². The average Bonchev–Trinajstić information content (AvgIpc) is 2.89. The van der Waals surface area contributed by atoms with Crippen molar-refractivity contribution in [1.82, 2.24) is 5.32 Å². The van der Waals surface area contributed by atoms with Crippen LogP contribution in [-0.2, 0) is 19.1 Å². The van der Waals surface area contributed by atoms with E-state index in [1.807, 2.05) is 58.9 Å². The van der Waals surface area contributed by atoms with Crippen LogP contribution in [-0.4, -0.2) is 52.6 Å². The van der Waals surface area contributed by atoms with Gasteiger partial charge in [-0.3, -0.25) is 4.79 Å². The lowest BCUT2D eigenvalue weighted by Crippen LogP contribution is -2.32. The van der Waals surface area contributed by atoms with Crippen LogP contribution in [0.4, 0.5) is 4.79 Å². The monoisotopic (exact) mass is 584 g/mol. The minimum Gasteiger partial charge on any atom is -0.458 e. The van der Waals surface area contributed by atoms with E-state index < -0.39 is 36.5 Å². The van der Waals surface area contributed by atoms with Gasteiger partial charge in [0.05, 0.1) is 6.10 Å². The predicted octanol–water partition coefficient (Wildman–Crippen LogP) is 5.23. The number of hydrogen-bond acceptors (Lipinski definition) is 7. The number of nitrogens with two attached hydrogens (primary N) is 1. The summed E-state index contributed by atoms with van der Waals surface area (Å²) in [5.41, 5.74) is 7.98. The fourth-order valence-corrected chi connectivity index (χ4v) is 4.17. The second kappa shape index (κ2) is 20.2. The van der Waals surface area contributed by atoms with E-state index in [0.717, 1.165) is 16.7 Å². The van der Waals surface area contributed by atoms with Crippen molar-refractivity contribution in [2.75, 3.05) is 0 Å². The topological polar surface area (TPSA) is 148 Å². The van der Waals surface area contributed by atoms with Gasteiger partial charge in [0.1, 0.15) is 18.3 Å². The summed E-state index contributed by atoms with van der Waals surface area (Å²) in [6.45, 7) is 9.54. The lowest BCUT2D eigenvalue weighted by molar-refractivity contribution is -0.144. The normalized spacial score (nSPS) is 27.1. The van der Waals surface area contributed by atoms with Gasteiger partial charge < -0.3 is 30.7 Å². The Labute approximate surface area is 250 Å². The summed E-state index contributed by atoms with van der Waals surface area (Å²) in [6, 6.07) is 0. The zero-order valence-corrected chi connectivity index (χ0v) is 25.5. The van der Waals surface area contributed by atoms with Gasteiger partial charge in [-0.25, -0.2) is 9.59 Å². The molecule has 5 unspecified atom stereocenters. The minimum absolute atomic E-state index is 0.124. The number of aliphatic hydroxyl groups is 2. The summed E-state index contributed by atoms with van der Waals surface area (Å²) < 4.78 is 10.9. The first-order valence-electron chi connectivity index (χ1n) is 14.4. The van der Waals surface area contributed by atoms with Crippen LogP contribution in [0.25, 0.3) is 0 Å². The van der Waals surface area contributed by atoms with Crippen molar-refractivity contribution in [3.8, 4) is 0 Å². The van der Waals surface area contributed by atoms with Gasteiger partial charge in [0.2, 0.25) is 5.91 Å². The van der Waals surface area contributed by atoms with Crippen molar-refractivity contribution < 1.29 is 34.1 Å². The highest BCUT2D eigenvalue weighted by Gasteiger charge is 2.21. The number of carbonyl (C=O) groups excluding carboxylic acids is 3. The second-order valence-corrected chi connectivity index (χ2v) is 10.8. The van der Waals surface area contributed by atoms with Gasteiger partial charge in [0.25, 0.3) is 0 Å². The summed E-state index contributed by atoms with van der Waals surface area (Å²) in [4.78, 5) is 35.8. The molecule has 0 aromatic rings. The van der Waals surface area contributed by atoms with Crippen LogP contribution in [0.15, 0.2) is 83.7 Å². The molecule has 0 bridgehead atoms. The van der Waals surface area contributed by atoms with Gasteiger partial charge in [-0.2, -0.15) is 0 Å². The molecule has 5 atom stereocenters. The highest BCUT2D eigenvalue weighted by molar-refractivity contribution is 5.88. The van der Waals surface area contributed by atoms with Crippen LogP contribution in [0.2, 0.25) is 0 Å². The molecule has 1 rings (SSSR count). The number of esters is 1. The van der Waals surface area contributed by atoms with Crippen molar-refractivity contribution in [3.05, 3.63) is 83.7 Å². The fraction of sp³-hybridized carbons (Fsp3) is 0.485. The molecule has 1 aliphatic heterocycles. The summed E-state index contributed by atoms with van der Waals surface area (Å²) in [6.07, 6.45) is 17.3. The largest absolute Gasteiger partial charge is 0.458 e. The lowest BCUT2D eigenvalue weighted by Gasteiger charge is -2.22. The number of nitrogens with one attached hydrogen (secondary N) is 1. The molecule has 5 N–H and O–H groups in total. The summed E-state index contributed by atoms with van der Waals surface area (Å²) >= 11 is 0. The highest BCUT2D eigenvalue weighted by Crippen LogP contribution is 2.21. The number of hydrogen-bond donors (Lipinski definition) is 4. The zero-order valence-electron chi connectivity index (χ0n) is 25.5. The molecule has 0 aromatic carbocycles. The first kappa shape index (κ1) is 36.3. The van der Waals surface area contributed by atoms with Crippen molar-refractivity contribution in [2.45, 2.75) is 97.6 Å². The highest BCUT2D eigenvalue weighted by atomic mass is 16.6. The zero-order chi connectivity index (χ0) is 31.5. The number of primary amides is 1. The molecule has 9 heteroatoms. The Morgan fingerprint density at radius 1 is 1.14 bits per heavy atom. The number of allylic oxidation sites excluding steroid dienone is 7. The van der Waals surface area contributed by atoms with E-state index in [1.54, 1.807) is 18.4 Å². The second-order valence-electron chi connectivity index (χ2n) is 10.8.